The van der Waals surface area contributed by atoms with Gasteiger partial charge in [-0.2, -0.15) is 5.10 Å². The van der Waals surface area contributed by atoms with E-state index in [9.17, 15) is 4.79 Å². The minimum absolute atomic E-state index is 0.0969. The number of benzene rings is 2. The molecule has 0 amide bonds. The summed E-state index contributed by atoms with van der Waals surface area (Å²) >= 11 is 6.09. The molecule has 6 heteroatoms. The molecule has 1 saturated carbocycles. The Balaban J connectivity index is 1.37. The second kappa shape index (κ2) is 8.80. The Morgan fingerprint density at radius 3 is 2.50 bits per heavy atom. The minimum atomic E-state index is 0.0969. The molecule has 3 aromatic rings. The van der Waals surface area contributed by atoms with E-state index in [1.807, 2.05) is 59.3 Å². The lowest BCUT2D eigenvalue weighted by molar-refractivity contribution is 0.100. The van der Waals surface area contributed by atoms with Crippen molar-refractivity contribution >= 4 is 29.4 Å². The zero-order chi connectivity index (χ0) is 23.1. The van der Waals surface area contributed by atoms with Gasteiger partial charge in [0.1, 0.15) is 5.82 Å². The van der Waals surface area contributed by atoms with E-state index in [4.69, 9.17) is 16.7 Å². The van der Waals surface area contributed by atoms with Crippen molar-refractivity contribution in [2.75, 3.05) is 18.0 Å². The monoisotopic (exact) mass is 470 g/mol. The Labute approximate surface area is 204 Å². The molecule has 0 unspecified atom stereocenters. The number of hydrogen-bond donors (Lipinski definition) is 0. The van der Waals surface area contributed by atoms with Gasteiger partial charge in [-0.05, 0) is 25.0 Å². The summed E-state index contributed by atoms with van der Waals surface area (Å²) in [6.07, 6.45) is 10.8. The van der Waals surface area contributed by atoms with Gasteiger partial charge in [0.2, 0.25) is 0 Å². The molecule has 0 N–H and O–H groups in total. The second-order valence-electron chi connectivity index (χ2n) is 9.35. The highest BCUT2D eigenvalue weighted by atomic mass is 35.5. The van der Waals surface area contributed by atoms with E-state index < -0.39 is 0 Å². The number of rotatable bonds is 5. The Hall–Kier alpha value is -3.31. The zero-order valence-electron chi connectivity index (χ0n) is 19.0. The fourth-order valence-corrected chi connectivity index (χ4v) is 5.43. The fourth-order valence-electron chi connectivity index (χ4n) is 5.30. The first kappa shape index (κ1) is 21.2. The normalized spacial score (nSPS) is 17.8. The summed E-state index contributed by atoms with van der Waals surface area (Å²) in [7, 11) is 0. The molecule has 5 nitrogen and oxygen atoms in total. The van der Waals surface area contributed by atoms with Crippen molar-refractivity contribution < 1.29 is 4.79 Å². The maximum atomic E-state index is 13.3. The lowest BCUT2D eigenvalue weighted by Gasteiger charge is -2.30. The van der Waals surface area contributed by atoms with E-state index in [2.05, 4.69) is 28.3 Å². The second-order valence-corrected chi connectivity index (χ2v) is 9.78. The number of fused-ring (bicyclic) bond motifs is 2. The highest BCUT2D eigenvalue weighted by molar-refractivity contribution is 6.30. The number of hydrogen-bond acceptors (Lipinski definition) is 4. The van der Waals surface area contributed by atoms with Crippen molar-refractivity contribution in [2.45, 2.75) is 38.1 Å². The summed E-state index contributed by atoms with van der Waals surface area (Å²) in [5.41, 5.74) is 4.92. The third-order valence-electron chi connectivity index (χ3n) is 7.11. The first-order valence-corrected chi connectivity index (χ1v) is 12.4. The number of halogens is 1. The van der Waals surface area contributed by atoms with Crippen LogP contribution in [0.15, 0.2) is 78.1 Å². The van der Waals surface area contributed by atoms with Crippen LogP contribution < -0.4 is 4.90 Å². The van der Waals surface area contributed by atoms with E-state index in [0.29, 0.717) is 11.1 Å². The molecule has 0 radical (unpaired) electrons. The Bertz CT molecular complexity index is 1270. The molecule has 34 heavy (non-hydrogen) atoms. The molecule has 1 aromatic heterocycles. The van der Waals surface area contributed by atoms with Crippen LogP contribution in [0.3, 0.4) is 0 Å². The number of carbonyl (C=O) groups is 1. The quantitative estimate of drug-likeness (QED) is 0.414. The first-order valence-electron chi connectivity index (χ1n) is 12.1. The molecular weight excluding hydrogens is 444 g/mol. The van der Waals surface area contributed by atoms with Crippen molar-refractivity contribution in [1.82, 2.24) is 14.7 Å². The van der Waals surface area contributed by atoms with Gasteiger partial charge in [-0.1, -0.05) is 73.3 Å². The van der Waals surface area contributed by atoms with Crippen LogP contribution in [0.2, 0.25) is 5.02 Å². The highest BCUT2D eigenvalue weighted by Crippen LogP contribution is 2.39. The van der Waals surface area contributed by atoms with Crippen molar-refractivity contribution in [3.63, 3.8) is 0 Å². The molecule has 1 aliphatic carbocycles. The average Bonchev–Trinajstić information content (AvgIpc) is 3.50. The van der Waals surface area contributed by atoms with Gasteiger partial charge in [0, 0.05) is 52.8 Å². The first-order chi connectivity index (χ1) is 16.7. The predicted octanol–water partition coefficient (Wildman–Crippen LogP) is 6.24. The maximum absolute atomic E-state index is 13.3. The van der Waals surface area contributed by atoms with Gasteiger partial charge in [0.05, 0.1) is 17.9 Å². The van der Waals surface area contributed by atoms with Crippen LogP contribution in [0.1, 0.15) is 42.5 Å². The number of anilines is 1. The van der Waals surface area contributed by atoms with Gasteiger partial charge in [-0.15, -0.1) is 0 Å². The summed E-state index contributed by atoms with van der Waals surface area (Å²) in [4.78, 5) is 17.9. The molecule has 0 spiro atoms. The molecule has 3 heterocycles. The van der Waals surface area contributed by atoms with Crippen LogP contribution in [0.5, 0.6) is 0 Å². The largest absolute Gasteiger partial charge is 0.368 e. The topological polar surface area (TPSA) is 41.4 Å². The molecule has 2 aromatic carbocycles. The van der Waals surface area contributed by atoms with Crippen LogP contribution in [0.4, 0.5) is 5.82 Å². The number of Topliss-reactive ketones (excluding diaryl/α,β-unsaturated/α-hetero) is 1. The van der Waals surface area contributed by atoms with Crippen molar-refractivity contribution in [1.29, 1.82) is 0 Å². The standard InChI is InChI=1S/C28H27ClN4O/c29-23-13-11-20(12-14-23)25-15-28-32(19-27(34)21-7-3-1-4-8-21)26-18-31(24-9-5-2-6-10-24)16-22(26)17-33(28)30-25/h1,3-4,7-8,11-15,17-18,24H,2,5-6,9-10,16,19H2. The van der Waals surface area contributed by atoms with Gasteiger partial charge >= 0.3 is 0 Å². The number of ketones is 1. The molecule has 2 aliphatic heterocycles. The molecule has 172 valence electrons. The van der Waals surface area contributed by atoms with Gasteiger partial charge < -0.3 is 9.80 Å². The van der Waals surface area contributed by atoms with E-state index in [-0.39, 0.29) is 12.3 Å². The van der Waals surface area contributed by atoms with Crippen molar-refractivity contribution in [2.24, 2.45) is 0 Å². The van der Waals surface area contributed by atoms with Crippen LogP contribution in [0, 0.1) is 0 Å². The van der Waals surface area contributed by atoms with E-state index in [0.717, 1.165) is 34.9 Å². The predicted molar refractivity (Wildman–Crippen MR) is 137 cm³/mol. The van der Waals surface area contributed by atoms with Gasteiger partial charge in [-0.3, -0.25) is 4.79 Å². The number of nitrogens with zero attached hydrogens (tertiary/aromatic N) is 4. The van der Waals surface area contributed by atoms with Gasteiger partial charge in [-0.25, -0.2) is 4.68 Å². The van der Waals surface area contributed by atoms with E-state index >= 15 is 0 Å². The molecule has 3 aliphatic rings. The Morgan fingerprint density at radius 2 is 1.74 bits per heavy atom. The van der Waals surface area contributed by atoms with Crippen molar-refractivity contribution in [3.8, 4) is 11.3 Å². The summed E-state index contributed by atoms with van der Waals surface area (Å²) in [5, 5.41) is 5.58. The smallest absolute Gasteiger partial charge is 0.182 e. The van der Waals surface area contributed by atoms with Crippen LogP contribution >= 0.6 is 11.6 Å². The zero-order valence-corrected chi connectivity index (χ0v) is 19.8. The molecule has 6 rings (SSSR count). The number of carbonyl (C=O) groups excluding carboxylic acids is 1. The molecule has 0 bridgehead atoms. The average molecular weight is 471 g/mol. The minimum Gasteiger partial charge on any atom is -0.368 e. The highest BCUT2D eigenvalue weighted by Gasteiger charge is 2.34. The molecular formula is C28H27ClN4O. The van der Waals surface area contributed by atoms with Gasteiger partial charge in [0.25, 0.3) is 0 Å². The summed E-state index contributed by atoms with van der Waals surface area (Å²) < 4.78 is 1.93. The summed E-state index contributed by atoms with van der Waals surface area (Å²) in [5.74, 6) is 1.01. The third kappa shape index (κ3) is 3.94. The third-order valence-corrected chi connectivity index (χ3v) is 7.36. The Kier molecular flexibility index (Phi) is 5.50. The van der Waals surface area contributed by atoms with E-state index in [1.54, 1.807) is 0 Å². The van der Waals surface area contributed by atoms with Crippen LogP contribution in [-0.2, 0) is 0 Å². The molecule has 0 atom stereocenters. The van der Waals surface area contributed by atoms with Crippen LogP contribution in [-0.4, -0.2) is 39.6 Å². The SMILES string of the molecule is O=C(CN1C2=CN(C3CCCCC3)CC2=Cn2nc(-c3ccc(Cl)cc3)cc21)c1ccccc1. The Morgan fingerprint density at radius 1 is 0.971 bits per heavy atom. The van der Waals surface area contributed by atoms with Gasteiger partial charge in [0.15, 0.2) is 5.78 Å². The lowest BCUT2D eigenvalue weighted by Crippen LogP contribution is -2.33. The summed E-state index contributed by atoms with van der Waals surface area (Å²) in [6, 6.07) is 19.9. The van der Waals surface area contributed by atoms with E-state index in [1.165, 1.54) is 37.7 Å². The van der Waals surface area contributed by atoms with Crippen molar-refractivity contribution in [3.05, 3.63) is 88.7 Å². The fraction of sp³-hybridized carbons (Fsp3) is 0.286. The summed E-state index contributed by atoms with van der Waals surface area (Å²) in [6.45, 7) is 1.14. The number of aromatic nitrogens is 2. The lowest BCUT2D eigenvalue weighted by atomic mass is 9.94. The van der Waals surface area contributed by atoms with Crippen LogP contribution in [0.25, 0.3) is 17.5 Å². The maximum Gasteiger partial charge on any atom is 0.182 e. The molecule has 0 saturated heterocycles. The molecule has 1 fully saturated rings.